The fraction of sp³-hybridized carbons (Fsp3) is 0.318. The van der Waals surface area contributed by atoms with Gasteiger partial charge < -0.3 is 10.3 Å². The van der Waals surface area contributed by atoms with Crippen LogP contribution in [0.4, 0.5) is 0 Å². The first-order chi connectivity index (χ1) is 13.6. The Hall–Kier alpha value is -2.99. The molecule has 2 aromatic carbocycles. The number of rotatable bonds is 5. The number of aromatic nitrogens is 2. The third kappa shape index (κ3) is 3.97. The van der Waals surface area contributed by atoms with Crippen molar-refractivity contribution in [3.05, 3.63) is 75.8 Å². The SMILES string of the molecule is CN(CC(=O)NC1CCCc2ccccc21)Cc1nc2ccccc2c(=O)[nH]1. The van der Waals surface area contributed by atoms with Crippen LogP contribution in [0.5, 0.6) is 0 Å². The van der Waals surface area contributed by atoms with E-state index in [0.29, 0.717) is 23.3 Å². The number of amides is 1. The lowest BCUT2D eigenvalue weighted by Gasteiger charge is -2.27. The number of benzene rings is 2. The van der Waals surface area contributed by atoms with E-state index in [1.807, 2.05) is 42.3 Å². The standard InChI is InChI=1S/C22H24N4O2/c1-26(13-20-23-19-11-5-4-10-17(19)22(28)25-20)14-21(27)24-18-12-6-8-15-7-2-3-9-16(15)18/h2-5,7,9-11,18H,6,8,12-14H2,1H3,(H,24,27)(H,23,25,28). The number of fused-ring (bicyclic) bond motifs is 2. The molecular weight excluding hydrogens is 352 g/mol. The third-order valence-corrected chi connectivity index (χ3v) is 5.20. The van der Waals surface area contributed by atoms with Crippen LogP contribution in [0.25, 0.3) is 10.9 Å². The first kappa shape index (κ1) is 18.4. The molecule has 2 N–H and O–H groups in total. The number of hydrogen-bond acceptors (Lipinski definition) is 4. The Labute approximate surface area is 163 Å². The van der Waals surface area contributed by atoms with Crippen LogP contribution >= 0.6 is 0 Å². The van der Waals surface area contributed by atoms with Crippen LogP contribution in [0, 0.1) is 0 Å². The highest BCUT2D eigenvalue weighted by Crippen LogP contribution is 2.29. The van der Waals surface area contributed by atoms with Gasteiger partial charge in [0.15, 0.2) is 0 Å². The first-order valence-corrected chi connectivity index (χ1v) is 9.64. The summed E-state index contributed by atoms with van der Waals surface area (Å²) in [5.41, 5.74) is 3.06. The molecule has 1 heterocycles. The van der Waals surface area contributed by atoms with Gasteiger partial charge in [-0.05, 0) is 49.6 Å². The van der Waals surface area contributed by atoms with E-state index < -0.39 is 0 Å². The Balaban J connectivity index is 1.40. The molecule has 0 bridgehead atoms. The summed E-state index contributed by atoms with van der Waals surface area (Å²) in [5, 5.41) is 3.73. The molecule has 0 saturated carbocycles. The van der Waals surface area contributed by atoms with E-state index in [1.165, 1.54) is 11.1 Å². The van der Waals surface area contributed by atoms with Gasteiger partial charge in [0.2, 0.25) is 5.91 Å². The predicted molar refractivity (Wildman–Crippen MR) is 109 cm³/mol. The number of nitrogens with zero attached hydrogens (tertiary/aromatic N) is 2. The lowest BCUT2D eigenvalue weighted by Crippen LogP contribution is -2.38. The number of carbonyl (C=O) groups is 1. The second-order valence-electron chi connectivity index (χ2n) is 7.41. The lowest BCUT2D eigenvalue weighted by molar-refractivity contribution is -0.122. The summed E-state index contributed by atoms with van der Waals surface area (Å²) in [6.07, 6.45) is 3.12. The van der Waals surface area contributed by atoms with Crippen LogP contribution in [0.15, 0.2) is 53.3 Å². The molecule has 6 nitrogen and oxygen atoms in total. The van der Waals surface area contributed by atoms with E-state index >= 15 is 0 Å². The molecule has 1 unspecified atom stereocenters. The van der Waals surface area contributed by atoms with Crippen LogP contribution in [0.2, 0.25) is 0 Å². The number of hydrogen-bond donors (Lipinski definition) is 2. The average molecular weight is 376 g/mol. The molecule has 0 fully saturated rings. The topological polar surface area (TPSA) is 78.1 Å². The van der Waals surface area contributed by atoms with Gasteiger partial charge in [-0.1, -0.05) is 36.4 Å². The van der Waals surface area contributed by atoms with Gasteiger partial charge in [-0.15, -0.1) is 0 Å². The Kier molecular flexibility index (Phi) is 5.21. The van der Waals surface area contributed by atoms with Crippen LogP contribution in [-0.4, -0.2) is 34.4 Å². The first-order valence-electron chi connectivity index (χ1n) is 9.64. The summed E-state index contributed by atoms with van der Waals surface area (Å²) in [6, 6.07) is 15.6. The molecular formula is C22H24N4O2. The molecule has 4 rings (SSSR count). The van der Waals surface area contributed by atoms with Gasteiger partial charge in [-0.2, -0.15) is 0 Å². The van der Waals surface area contributed by atoms with Gasteiger partial charge in [0.25, 0.3) is 5.56 Å². The zero-order chi connectivity index (χ0) is 19.5. The van der Waals surface area contributed by atoms with Crippen molar-refractivity contribution in [3.63, 3.8) is 0 Å². The van der Waals surface area contributed by atoms with Crippen molar-refractivity contribution in [3.8, 4) is 0 Å². The molecule has 0 radical (unpaired) electrons. The number of para-hydroxylation sites is 1. The highest BCUT2D eigenvalue weighted by molar-refractivity contribution is 5.79. The van der Waals surface area contributed by atoms with Crippen LogP contribution in [-0.2, 0) is 17.8 Å². The van der Waals surface area contributed by atoms with Crippen molar-refractivity contribution in [1.82, 2.24) is 20.2 Å². The van der Waals surface area contributed by atoms with Gasteiger partial charge in [-0.25, -0.2) is 4.98 Å². The van der Waals surface area contributed by atoms with Crippen LogP contribution < -0.4 is 10.9 Å². The summed E-state index contributed by atoms with van der Waals surface area (Å²) in [7, 11) is 1.85. The average Bonchev–Trinajstić information content (AvgIpc) is 2.68. The minimum atomic E-state index is -0.155. The number of carbonyl (C=O) groups excluding carboxylic acids is 1. The highest BCUT2D eigenvalue weighted by Gasteiger charge is 2.21. The van der Waals surface area contributed by atoms with E-state index in [0.717, 1.165) is 19.3 Å². The van der Waals surface area contributed by atoms with E-state index in [4.69, 9.17) is 0 Å². The maximum atomic E-state index is 12.6. The van der Waals surface area contributed by atoms with Gasteiger partial charge in [0, 0.05) is 0 Å². The van der Waals surface area contributed by atoms with Gasteiger partial charge in [0.05, 0.1) is 30.0 Å². The minimum Gasteiger partial charge on any atom is -0.348 e. The van der Waals surface area contributed by atoms with Crippen LogP contribution in [0.3, 0.4) is 0 Å². The number of nitrogens with one attached hydrogen (secondary N) is 2. The third-order valence-electron chi connectivity index (χ3n) is 5.20. The van der Waals surface area contributed by atoms with Crippen molar-refractivity contribution in [2.24, 2.45) is 0 Å². The Bertz CT molecular complexity index is 1060. The number of likely N-dealkylation sites (N-methyl/N-ethyl adjacent to an activating group) is 1. The van der Waals surface area contributed by atoms with Crippen LogP contribution in [0.1, 0.15) is 35.8 Å². The van der Waals surface area contributed by atoms with Crippen molar-refractivity contribution >= 4 is 16.8 Å². The lowest BCUT2D eigenvalue weighted by atomic mass is 9.88. The molecule has 3 aromatic rings. The van der Waals surface area contributed by atoms with Crippen molar-refractivity contribution in [1.29, 1.82) is 0 Å². The molecule has 1 amide bonds. The van der Waals surface area contributed by atoms with Gasteiger partial charge >= 0.3 is 0 Å². The molecule has 144 valence electrons. The maximum absolute atomic E-state index is 12.6. The largest absolute Gasteiger partial charge is 0.348 e. The maximum Gasteiger partial charge on any atom is 0.258 e. The molecule has 1 atom stereocenters. The second kappa shape index (κ2) is 7.94. The summed E-state index contributed by atoms with van der Waals surface area (Å²) >= 11 is 0. The fourth-order valence-electron chi connectivity index (χ4n) is 3.91. The predicted octanol–water partition coefficient (Wildman–Crippen LogP) is 2.55. The molecule has 1 aliphatic rings. The molecule has 1 aromatic heterocycles. The minimum absolute atomic E-state index is 0.0210. The number of aromatic amines is 1. The summed E-state index contributed by atoms with van der Waals surface area (Å²) < 4.78 is 0. The Morgan fingerprint density at radius 1 is 1.21 bits per heavy atom. The van der Waals surface area contributed by atoms with Crippen molar-refractivity contribution in [2.75, 3.05) is 13.6 Å². The Morgan fingerprint density at radius 2 is 2.00 bits per heavy atom. The monoisotopic (exact) mass is 376 g/mol. The molecule has 1 aliphatic carbocycles. The zero-order valence-corrected chi connectivity index (χ0v) is 15.9. The van der Waals surface area contributed by atoms with E-state index in [-0.39, 0.29) is 24.1 Å². The van der Waals surface area contributed by atoms with Crippen molar-refractivity contribution < 1.29 is 4.79 Å². The molecule has 28 heavy (non-hydrogen) atoms. The number of aryl methyl sites for hydroxylation is 1. The molecule has 0 saturated heterocycles. The van der Waals surface area contributed by atoms with Crippen molar-refractivity contribution in [2.45, 2.75) is 31.8 Å². The van der Waals surface area contributed by atoms with E-state index in [2.05, 4.69) is 27.4 Å². The number of H-pyrrole nitrogens is 1. The smallest absolute Gasteiger partial charge is 0.258 e. The fourth-order valence-corrected chi connectivity index (χ4v) is 3.91. The zero-order valence-electron chi connectivity index (χ0n) is 15.9. The highest BCUT2D eigenvalue weighted by atomic mass is 16.2. The molecule has 0 aliphatic heterocycles. The Morgan fingerprint density at radius 3 is 2.89 bits per heavy atom. The quantitative estimate of drug-likeness (QED) is 0.717. The molecule has 0 spiro atoms. The molecule has 6 heteroatoms. The van der Waals surface area contributed by atoms with Gasteiger partial charge in [-0.3, -0.25) is 14.5 Å². The van der Waals surface area contributed by atoms with Gasteiger partial charge in [0.1, 0.15) is 5.82 Å². The summed E-state index contributed by atoms with van der Waals surface area (Å²) in [5.74, 6) is 0.536. The van der Waals surface area contributed by atoms with E-state index in [1.54, 1.807) is 6.07 Å². The summed E-state index contributed by atoms with van der Waals surface area (Å²) in [6.45, 7) is 0.643. The van der Waals surface area contributed by atoms with E-state index in [9.17, 15) is 9.59 Å². The normalized spacial score (nSPS) is 16.1. The second-order valence-corrected chi connectivity index (χ2v) is 7.41. The summed E-state index contributed by atoms with van der Waals surface area (Å²) in [4.78, 5) is 33.9.